The molecule has 3 N–H and O–H groups in total. The van der Waals surface area contributed by atoms with E-state index in [9.17, 15) is 14.7 Å². The molecule has 1 aromatic heterocycles. The van der Waals surface area contributed by atoms with Crippen molar-refractivity contribution in [2.24, 2.45) is 0 Å². The number of thiazole rings is 1. The number of benzene rings is 2. The number of nitrogens with one attached hydrogen (secondary N) is 2. The van der Waals surface area contributed by atoms with Gasteiger partial charge < -0.3 is 20.6 Å². The molecule has 0 aliphatic carbocycles. The number of nitrogens with zero attached hydrogens (tertiary/aromatic N) is 2. The van der Waals surface area contributed by atoms with Crippen LogP contribution in [0.1, 0.15) is 75.6 Å². The van der Waals surface area contributed by atoms with Crippen LogP contribution in [0.3, 0.4) is 0 Å². The molecule has 0 radical (unpaired) electrons. The minimum Gasteiger partial charge on any atom is -0.389 e. The van der Waals surface area contributed by atoms with Crippen molar-refractivity contribution < 1.29 is 14.7 Å². The molecule has 1 unspecified atom stereocenters. The van der Waals surface area contributed by atoms with Gasteiger partial charge in [0.25, 0.3) is 11.8 Å². The Hall–Kier alpha value is -3.07. The second-order valence-corrected chi connectivity index (χ2v) is 11.5. The van der Waals surface area contributed by atoms with Crippen LogP contribution in [-0.2, 0) is 6.42 Å². The van der Waals surface area contributed by atoms with Crippen LogP contribution < -0.4 is 10.6 Å². The quantitative estimate of drug-likeness (QED) is 0.403. The molecule has 8 heteroatoms. The summed E-state index contributed by atoms with van der Waals surface area (Å²) in [6.07, 6.45) is 3.47. The third-order valence-electron chi connectivity index (χ3n) is 7.66. The summed E-state index contributed by atoms with van der Waals surface area (Å²) in [6.45, 7) is 4.76. The fourth-order valence-electron chi connectivity index (χ4n) is 5.64. The van der Waals surface area contributed by atoms with Crippen LogP contribution in [0.15, 0.2) is 60.0 Å². The first kappa shape index (κ1) is 26.5. The standard InChI is InChI=1S/C30H36N4O3S/c1-19-13-14-24(31-19)27(35)25(16-21-8-4-3-5-9-21)33-28(36)22-10-6-11-23(17-22)30(37)34-15-7-12-26(34)29-32-20(2)18-38-29/h3-6,8-11,17-19,24-27,31,35H,7,12-16H2,1-2H3,(H,33,36)/t19-,24-,25+,26?,27-/m1/s1. The molecule has 2 fully saturated rings. The maximum absolute atomic E-state index is 13.5. The first-order valence-electron chi connectivity index (χ1n) is 13.5. The zero-order chi connectivity index (χ0) is 26.6. The third kappa shape index (κ3) is 5.98. The fourth-order valence-corrected chi connectivity index (χ4v) is 6.58. The average Bonchev–Trinajstić information content (AvgIpc) is 3.69. The van der Waals surface area contributed by atoms with Crippen LogP contribution in [-0.4, -0.2) is 57.6 Å². The number of aryl methyl sites for hydroxylation is 1. The van der Waals surface area contributed by atoms with Gasteiger partial charge in [-0.1, -0.05) is 36.4 Å². The molecule has 38 heavy (non-hydrogen) atoms. The number of likely N-dealkylation sites (tertiary alicyclic amines) is 1. The highest BCUT2D eigenvalue weighted by molar-refractivity contribution is 7.09. The van der Waals surface area contributed by atoms with Gasteiger partial charge in [0, 0.05) is 40.8 Å². The van der Waals surface area contributed by atoms with Crippen molar-refractivity contribution in [3.05, 3.63) is 87.4 Å². The summed E-state index contributed by atoms with van der Waals surface area (Å²) >= 11 is 1.59. The van der Waals surface area contributed by atoms with Crippen LogP contribution in [0.25, 0.3) is 0 Å². The number of hydrogen-bond donors (Lipinski definition) is 3. The predicted molar refractivity (Wildman–Crippen MR) is 149 cm³/mol. The van der Waals surface area contributed by atoms with Gasteiger partial charge in [-0.2, -0.15) is 0 Å². The van der Waals surface area contributed by atoms with Crippen molar-refractivity contribution >= 4 is 23.2 Å². The molecule has 0 saturated carbocycles. The lowest BCUT2D eigenvalue weighted by Gasteiger charge is -2.29. The number of amides is 2. The number of aliphatic hydroxyl groups excluding tert-OH is 1. The highest BCUT2D eigenvalue weighted by atomic mass is 32.1. The molecule has 2 aliphatic heterocycles. The van der Waals surface area contributed by atoms with Crippen LogP contribution >= 0.6 is 11.3 Å². The monoisotopic (exact) mass is 532 g/mol. The van der Waals surface area contributed by atoms with Gasteiger partial charge in [0.05, 0.1) is 18.2 Å². The lowest BCUT2D eigenvalue weighted by molar-refractivity contribution is 0.0730. The summed E-state index contributed by atoms with van der Waals surface area (Å²) in [7, 11) is 0. The van der Waals surface area contributed by atoms with Gasteiger partial charge in [0.2, 0.25) is 0 Å². The van der Waals surface area contributed by atoms with Gasteiger partial charge >= 0.3 is 0 Å². The lowest BCUT2D eigenvalue weighted by Crippen LogP contribution is -2.52. The highest BCUT2D eigenvalue weighted by Gasteiger charge is 2.34. The van der Waals surface area contributed by atoms with Crippen molar-refractivity contribution in [3.8, 4) is 0 Å². The number of aliphatic hydroxyl groups is 1. The van der Waals surface area contributed by atoms with E-state index < -0.39 is 12.1 Å². The van der Waals surface area contributed by atoms with Crippen molar-refractivity contribution in [3.63, 3.8) is 0 Å². The molecular weight excluding hydrogens is 496 g/mol. The van der Waals surface area contributed by atoms with Crippen molar-refractivity contribution in [1.29, 1.82) is 0 Å². The van der Waals surface area contributed by atoms with Crippen LogP contribution in [0.5, 0.6) is 0 Å². The van der Waals surface area contributed by atoms with Crippen molar-refractivity contribution in [1.82, 2.24) is 20.5 Å². The third-order valence-corrected chi connectivity index (χ3v) is 8.72. The normalized spacial score (nSPS) is 22.8. The van der Waals surface area contributed by atoms with Gasteiger partial charge in [0.15, 0.2) is 0 Å². The maximum Gasteiger partial charge on any atom is 0.254 e. The summed E-state index contributed by atoms with van der Waals surface area (Å²) in [5.74, 6) is -0.376. The Bertz CT molecular complexity index is 1260. The molecule has 2 amide bonds. The first-order valence-corrected chi connectivity index (χ1v) is 14.4. The van der Waals surface area contributed by atoms with E-state index in [1.807, 2.05) is 47.5 Å². The molecule has 3 heterocycles. The van der Waals surface area contributed by atoms with Crippen LogP contribution in [0.4, 0.5) is 0 Å². The van der Waals surface area contributed by atoms with Crippen LogP contribution in [0, 0.1) is 6.92 Å². The molecule has 2 saturated heterocycles. The summed E-state index contributed by atoms with van der Waals surface area (Å²) < 4.78 is 0. The Labute approximate surface area is 228 Å². The molecule has 2 aliphatic rings. The largest absolute Gasteiger partial charge is 0.389 e. The lowest BCUT2D eigenvalue weighted by atomic mass is 9.95. The number of carbonyl (C=O) groups excluding carboxylic acids is 2. The van der Waals surface area contributed by atoms with E-state index in [1.54, 1.807) is 35.6 Å². The zero-order valence-corrected chi connectivity index (χ0v) is 22.8. The molecule has 0 spiro atoms. The molecule has 5 atom stereocenters. The van der Waals surface area contributed by atoms with Crippen molar-refractivity contribution in [2.75, 3.05) is 6.54 Å². The highest BCUT2D eigenvalue weighted by Crippen LogP contribution is 2.34. The molecule has 3 aromatic rings. The Morgan fingerprint density at radius 1 is 1.13 bits per heavy atom. The second-order valence-electron chi connectivity index (χ2n) is 10.6. The van der Waals surface area contributed by atoms with E-state index in [1.165, 1.54) is 0 Å². The Morgan fingerprint density at radius 3 is 2.63 bits per heavy atom. The summed E-state index contributed by atoms with van der Waals surface area (Å²) in [5, 5.41) is 20.8. The maximum atomic E-state index is 13.5. The topological polar surface area (TPSA) is 94.6 Å². The molecule has 7 nitrogen and oxygen atoms in total. The minimum absolute atomic E-state index is 0.0228. The Morgan fingerprint density at radius 2 is 1.92 bits per heavy atom. The Kier molecular flexibility index (Phi) is 8.21. The Balaban J connectivity index is 1.32. The summed E-state index contributed by atoms with van der Waals surface area (Å²) in [6, 6.07) is 16.6. The van der Waals surface area contributed by atoms with E-state index in [4.69, 9.17) is 0 Å². The van der Waals surface area contributed by atoms with Gasteiger partial charge in [-0.3, -0.25) is 9.59 Å². The van der Waals surface area contributed by atoms with Gasteiger partial charge in [-0.15, -0.1) is 11.3 Å². The van der Waals surface area contributed by atoms with Gasteiger partial charge in [-0.05, 0) is 69.7 Å². The summed E-state index contributed by atoms with van der Waals surface area (Å²) in [4.78, 5) is 33.4. The fraction of sp³-hybridized carbons (Fsp3) is 0.433. The molecular formula is C30H36N4O3S. The molecule has 0 bridgehead atoms. The predicted octanol–water partition coefficient (Wildman–Crippen LogP) is 4.27. The first-order chi connectivity index (χ1) is 18.4. The smallest absolute Gasteiger partial charge is 0.254 e. The van der Waals surface area contributed by atoms with Crippen molar-refractivity contribution in [2.45, 2.75) is 76.2 Å². The summed E-state index contributed by atoms with van der Waals surface area (Å²) in [5.41, 5.74) is 2.92. The second kappa shape index (κ2) is 11.8. The molecule has 2 aromatic carbocycles. The number of aromatic nitrogens is 1. The number of carbonyl (C=O) groups is 2. The van der Waals surface area contributed by atoms with E-state index in [2.05, 4.69) is 22.5 Å². The minimum atomic E-state index is -0.735. The number of hydrogen-bond acceptors (Lipinski definition) is 6. The van der Waals surface area contributed by atoms with E-state index in [0.29, 0.717) is 30.1 Å². The zero-order valence-electron chi connectivity index (χ0n) is 22.0. The number of rotatable bonds is 8. The van der Waals surface area contributed by atoms with Crippen LogP contribution in [0.2, 0.25) is 0 Å². The van der Waals surface area contributed by atoms with Gasteiger partial charge in [0.1, 0.15) is 5.01 Å². The molecule has 5 rings (SSSR count). The SMILES string of the molecule is Cc1csc(C2CCCN2C(=O)c2cccc(C(=O)N[C@@H](Cc3ccccc3)[C@H](O)[C@H]3CC[C@@H](C)N3)c2)n1. The van der Waals surface area contributed by atoms with E-state index in [0.717, 1.165) is 41.9 Å². The van der Waals surface area contributed by atoms with Gasteiger partial charge in [-0.25, -0.2) is 4.98 Å². The average molecular weight is 533 g/mol. The van der Waals surface area contributed by atoms with E-state index >= 15 is 0 Å². The van der Waals surface area contributed by atoms with E-state index in [-0.39, 0.29) is 23.9 Å². The molecule has 200 valence electrons.